The number of unbranched alkanes of at least 4 members (excludes halogenated alkanes) is 3. The first-order chi connectivity index (χ1) is 4.77. The molecule has 0 unspecified atom stereocenters. The summed E-state index contributed by atoms with van der Waals surface area (Å²) in [6.07, 6.45) is 5.41. The largest absolute Gasteiger partial charge is 0.466 e. The highest BCUT2D eigenvalue weighted by Gasteiger charge is 1.91. The van der Waals surface area contributed by atoms with E-state index in [4.69, 9.17) is 4.74 Å². The molecule has 0 aromatic heterocycles. The molecular formula is C8H15O2. The Balaban J connectivity index is 2.84. The minimum atomic E-state index is -0.201. The fourth-order valence-corrected chi connectivity index (χ4v) is 0.608. The van der Waals surface area contributed by atoms with Crippen LogP contribution in [0.4, 0.5) is 0 Å². The van der Waals surface area contributed by atoms with Crippen LogP contribution < -0.4 is 0 Å². The van der Waals surface area contributed by atoms with Crippen molar-refractivity contribution in [1.82, 2.24) is 0 Å². The molecule has 0 heterocycles. The van der Waals surface area contributed by atoms with E-state index in [1.54, 1.807) is 0 Å². The Labute approximate surface area is 62.6 Å². The molecule has 0 spiro atoms. The van der Waals surface area contributed by atoms with Crippen LogP contribution in [-0.2, 0) is 9.53 Å². The highest BCUT2D eigenvalue weighted by Crippen LogP contribution is 1.97. The van der Waals surface area contributed by atoms with Crippen LogP contribution in [0.25, 0.3) is 0 Å². The van der Waals surface area contributed by atoms with E-state index in [2.05, 4.69) is 6.92 Å². The van der Waals surface area contributed by atoms with Crippen LogP contribution in [0.5, 0.6) is 0 Å². The Hall–Kier alpha value is -0.530. The van der Waals surface area contributed by atoms with Crippen molar-refractivity contribution in [2.24, 2.45) is 0 Å². The van der Waals surface area contributed by atoms with Gasteiger partial charge in [-0.1, -0.05) is 19.8 Å². The Bertz CT molecular complexity index is 89.3. The summed E-state index contributed by atoms with van der Waals surface area (Å²) >= 11 is 0. The second kappa shape index (κ2) is 6.59. The van der Waals surface area contributed by atoms with Gasteiger partial charge in [0, 0.05) is 6.92 Å². The standard InChI is InChI=1S/C8H15O2/c1-3-4-5-6-7-10-8(2)9/h6H,3-5,7H2,1-2H3. The normalized spacial score (nSPS) is 9.40. The first-order valence-electron chi connectivity index (χ1n) is 3.72. The topological polar surface area (TPSA) is 26.3 Å². The summed E-state index contributed by atoms with van der Waals surface area (Å²) in [4.78, 5) is 10.2. The Morgan fingerprint density at radius 1 is 1.60 bits per heavy atom. The van der Waals surface area contributed by atoms with Gasteiger partial charge < -0.3 is 4.74 Å². The van der Waals surface area contributed by atoms with Crippen LogP contribution in [0, 0.1) is 6.42 Å². The van der Waals surface area contributed by atoms with Gasteiger partial charge in [-0.15, -0.1) is 0 Å². The van der Waals surface area contributed by atoms with Crippen LogP contribution in [0.2, 0.25) is 0 Å². The fourth-order valence-electron chi connectivity index (χ4n) is 0.608. The van der Waals surface area contributed by atoms with Gasteiger partial charge >= 0.3 is 5.97 Å². The predicted molar refractivity (Wildman–Crippen MR) is 40.5 cm³/mol. The lowest BCUT2D eigenvalue weighted by Gasteiger charge is -1.99. The molecule has 2 heteroatoms. The molecule has 0 amide bonds. The second-order valence-corrected chi connectivity index (χ2v) is 2.23. The van der Waals surface area contributed by atoms with Gasteiger partial charge in [-0.3, -0.25) is 4.79 Å². The lowest BCUT2D eigenvalue weighted by molar-refractivity contribution is -0.140. The van der Waals surface area contributed by atoms with Crippen molar-refractivity contribution in [2.45, 2.75) is 33.1 Å². The van der Waals surface area contributed by atoms with Crippen molar-refractivity contribution in [3.8, 4) is 0 Å². The average molecular weight is 143 g/mol. The zero-order valence-corrected chi connectivity index (χ0v) is 6.72. The van der Waals surface area contributed by atoms with Gasteiger partial charge in [-0.25, -0.2) is 0 Å². The van der Waals surface area contributed by atoms with E-state index in [0.29, 0.717) is 6.61 Å². The Kier molecular flexibility index (Phi) is 6.24. The first-order valence-corrected chi connectivity index (χ1v) is 3.72. The van der Waals surface area contributed by atoms with Gasteiger partial charge in [0.25, 0.3) is 0 Å². The summed E-state index contributed by atoms with van der Waals surface area (Å²) in [6, 6.07) is 0. The minimum Gasteiger partial charge on any atom is -0.466 e. The summed E-state index contributed by atoms with van der Waals surface area (Å²) in [5, 5.41) is 0. The lowest BCUT2D eigenvalue weighted by Crippen LogP contribution is -2.00. The summed E-state index contributed by atoms with van der Waals surface area (Å²) in [5.74, 6) is -0.201. The molecule has 1 radical (unpaired) electrons. The molecule has 2 nitrogen and oxygen atoms in total. The van der Waals surface area contributed by atoms with Crippen molar-refractivity contribution < 1.29 is 9.53 Å². The Morgan fingerprint density at radius 2 is 2.30 bits per heavy atom. The highest BCUT2D eigenvalue weighted by atomic mass is 16.5. The predicted octanol–water partition coefficient (Wildman–Crippen LogP) is 1.94. The smallest absolute Gasteiger partial charge is 0.302 e. The van der Waals surface area contributed by atoms with E-state index in [1.165, 1.54) is 19.8 Å². The van der Waals surface area contributed by atoms with Crippen LogP contribution in [0.3, 0.4) is 0 Å². The van der Waals surface area contributed by atoms with E-state index >= 15 is 0 Å². The maximum absolute atomic E-state index is 10.2. The monoisotopic (exact) mass is 143 g/mol. The zero-order valence-electron chi connectivity index (χ0n) is 6.72. The second-order valence-electron chi connectivity index (χ2n) is 2.23. The summed E-state index contributed by atoms with van der Waals surface area (Å²) in [7, 11) is 0. The number of hydrogen-bond acceptors (Lipinski definition) is 2. The molecule has 0 N–H and O–H groups in total. The van der Waals surface area contributed by atoms with Gasteiger partial charge in [-0.2, -0.15) is 0 Å². The van der Waals surface area contributed by atoms with Crippen molar-refractivity contribution in [3.63, 3.8) is 0 Å². The molecule has 0 saturated heterocycles. The van der Waals surface area contributed by atoms with Crippen molar-refractivity contribution in [1.29, 1.82) is 0 Å². The molecule has 0 fully saturated rings. The third kappa shape index (κ3) is 7.47. The molecule has 0 bridgehead atoms. The van der Waals surface area contributed by atoms with Crippen molar-refractivity contribution in [3.05, 3.63) is 6.42 Å². The number of ether oxygens (including phenoxy) is 1. The number of carbonyl (C=O) groups is 1. The Morgan fingerprint density at radius 3 is 2.80 bits per heavy atom. The van der Waals surface area contributed by atoms with E-state index in [-0.39, 0.29) is 5.97 Å². The average Bonchev–Trinajstić information content (AvgIpc) is 1.87. The molecule has 0 aliphatic heterocycles. The van der Waals surface area contributed by atoms with Crippen molar-refractivity contribution >= 4 is 5.97 Å². The van der Waals surface area contributed by atoms with Crippen LogP contribution in [-0.4, -0.2) is 12.6 Å². The van der Waals surface area contributed by atoms with Crippen molar-refractivity contribution in [2.75, 3.05) is 6.61 Å². The minimum absolute atomic E-state index is 0.201. The molecule has 10 heavy (non-hydrogen) atoms. The third-order valence-corrected chi connectivity index (χ3v) is 1.17. The van der Waals surface area contributed by atoms with E-state index in [9.17, 15) is 4.79 Å². The number of carbonyl (C=O) groups excluding carboxylic acids is 1. The van der Waals surface area contributed by atoms with Gasteiger partial charge in [-0.05, 0) is 12.8 Å². The van der Waals surface area contributed by atoms with E-state index in [1.807, 2.05) is 6.42 Å². The summed E-state index contributed by atoms with van der Waals surface area (Å²) in [5.41, 5.74) is 0. The van der Waals surface area contributed by atoms with Gasteiger partial charge in [0.15, 0.2) is 0 Å². The molecule has 0 aliphatic carbocycles. The maximum Gasteiger partial charge on any atom is 0.302 e. The molecular weight excluding hydrogens is 128 g/mol. The van der Waals surface area contributed by atoms with Crippen LogP contribution in [0.15, 0.2) is 0 Å². The molecule has 59 valence electrons. The van der Waals surface area contributed by atoms with E-state index in [0.717, 1.165) is 6.42 Å². The molecule has 0 aromatic rings. The van der Waals surface area contributed by atoms with Crippen LogP contribution in [0.1, 0.15) is 33.1 Å². The molecule has 0 rings (SSSR count). The number of esters is 1. The van der Waals surface area contributed by atoms with E-state index < -0.39 is 0 Å². The molecule has 0 aliphatic rings. The lowest BCUT2D eigenvalue weighted by atomic mass is 10.2. The van der Waals surface area contributed by atoms with Crippen LogP contribution >= 0.6 is 0 Å². The van der Waals surface area contributed by atoms with Gasteiger partial charge in [0.05, 0.1) is 6.61 Å². The summed E-state index contributed by atoms with van der Waals surface area (Å²) in [6.45, 7) is 4.03. The molecule has 0 atom stereocenters. The van der Waals surface area contributed by atoms with Gasteiger partial charge in [0.2, 0.25) is 0 Å². The highest BCUT2D eigenvalue weighted by molar-refractivity contribution is 5.65. The SMILES string of the molecule is CCCC[CH]COC(C)=O. The maximum atomic E-state index is 10.2. The number of rotatable bonds is 5. The quantitative estimate of drug-likeness (QED) is 0.434. The zero-order chi connectivity index (χ0) is 7.82. The molecule has 0 aromatic carbocycles. The fraction of sp³-hybridized carbons (Fsp3) is 0.750. The number of hydrogen-bond donors (Lipinski definition) is 0. The third-order valence-electron chi connectivity index (χ3n) is 1.17. The molecule has 0 saturated carbocycles. The summed E-state index contributed by atoms with van der Waals surface area (Å²) < 4.78 is 4.69. The first kappa shape index (κ1) is 9.47. The van der Waals surface area contributed by atoms with Gasteiger partial charge in [0.1, 0.15) is 0 Å².